The van der Waals surface area contributed by atoms with Crippen molar-refractivity contribution in [1.29, 1.82) is 0 Å². The predicted molar refractivity (Wildman–Crippen MR) is 64.2 cm³/mol. The molecule has 0 saturated heterocycles. The van der Waals surface area contributed by atoms with Crippen LogP contribution < -0.4 is 21.5 Å². The van der Waals surface area contributed by atoms with Crippen LogP contribution in [0.25, 0.3) is 11.1 Å². The first-order valence-electron chi connectivity index (χ1n) is 5.15. The summed E-state index contributed by atoms with van der Waals surface area (Å²) in [6, 6.07) is 8.55. The summed E-state index contributed by atoms with van der Waals surface area (Å²) in [5.41, 5.74) is 1.79. The van der Waals surface area contributed by atoms with Gasteiger partial charge in [0, 0.05) is 12.1 Å². The van der Waals surface area contributed by atoms with Gasteiger partial charge in [-0.1, -0.05) is 6.07 Å². The van der Waals surface area contributed by atoms with Crippen molar-refractivity contribution >= 4 is 0 Å². The molecule has 3 nitrogen and oxygen atoms in total. The standard InChI is InChI=1S/C14H11NO2.BrH/c1-2-7-15-8-5-11(6-9-15)12-3-4-13(16)14(17)10-12;/h1,3-6,8-10,17H,7H2;1H. The van der Waals surface area contributed by atoms with Gasteiger partial charge in [-0.3, -0.25) is 0 Å². The molecule has 0 radical (unpaired) electrons. The van der Waals surface area contributed by atoms with E-state index in [9.17, 15) is 10.2 Å². The van der Waals surface area contributed by atoms with Crippen LogP contribution in [-0.2, 0) is 6.54 Å². The fourth-order valence-electron chi connectivity index (χ4n) is 1.56. The molecule has 0 fully saturated rings. The van der Waals surface area contributed by atoms with Crippen LogP contribution >= 0.6 is 0 Å². The summed E-state index contributed by atoms with van der Waals surface area (Å²) >= 11 is 0. The highest BCUT2D eigenvalue weighted by Gasteiger charge is 2.04. The van der Waals surface area contributed by atoms with E-state index in [1.165, 1.54) is 12.1 Å². The van der Waals surface area contributed by atoms with Crippen LogP contribution in [0.15, 0.2) is 42.7 Å². The van der Waals surface area contributed by atoms with Gasteiger partial charge in [0.25, 0.3) is 0 Å². The summed E-state index contributed by atoms with van der Waals surface area (Å²) in [5, 5.41) is 18.6. The number of hydrogen-bond donors (Lipinski definition) is 2. The van der Waals surface area contributed by atoms with E-state index < -0.39 is 0 Å². The van der Waals surface area contributed by atoms with Gasteiger partial charge in [0.15, 0.2) is 23.9 Å². The van der Waals surface area contributed by atoms with E-state index in [1.807, 2.05) is 29.1 Å². The SMILES string of the molecule is C#CC[n+]1ccc(-c2ccc(O)c(O)c2)cc1.[Br-]. The Morgan fingerprint density at radius 2 is 1.67 bits per heavy atom. The van der Waals surface area contributed by atoms with Crippen molar-refractivity contribution < 1.29 is 31.8 Å². The maximum atomic E-state index is 9.42. The second-order valence-electron chi connectivity index (χ2n) is 3.67. The van der Waals surface area contributed by atoms with E-state index in [0.717, 1.165) is 11.1 Å². The number of terminal acetylenes is 1. The number of halogens is 1. The number of nitrogens with zero attached hydrogens (tertiary/aromatic N) is 1. The fraction of sp³-hybridized carbons (Fsp3) is 0.0714. The fourth-order valence-corrected chi connectivity index (χ4v) is 1.56. The molecule has 0 aliphatic carbocycles. The van der Waals surface area contributed by atoms with Crippen LogP contribution in [0.2, 0.25) is 0 Å². The number of aromatic hydroxyl groups is 2. The Balaban J connectivity index is 0.00000162. The van der Waals surface area contributed by atoms with Crippen molar-refractivity contribution in [2.75, 3.05) is 0 Å². The third kappa shape index (κ3) is 3.02. The zero-order valence-corrected chi connectivity index (χ0v) is 11.1. The van der Waals surface area contributed by atoms with Gasteiger partial charge in [-0.25, -0.2) is 0 Å². The Morgan fingerprint density at radius 1 is 1.00 bits per heavy atom. The van der Waals surface area contributed by atoms with Gasteiger partial charge in [-0.05, 0) is 29.2 Å². The molecule has 92 valence electrons. The molecule has 0 bridgehead atoms. The third-order valence-corrected chi connectivity index (χ3v) is 2.47. The Kier molecular flexibility index (Phi) is 4.75. The minimum Gasteiger partial charge on any atom is -1.00 e. The number of aromatic nitrogens is 1. The van der Waals surface area contributed by atoms with Gasteiger partial charge in [0.2, 0.25) is 6.54 Å². The van der Waals surface area contributed by atoms with E-state index in [1.54, 1.807) is 6.07 Å². The topological polar surface area (TPSA) is 44.3 Å². The number of benzene rings is 1. The number of pyridine rings is 1. The first kappa shape index (κ1) is 14.1. The molecule has 2 N–H and O–H groups in total. The summed E-state index contributed by atoms with van der Waals surface area (Å²) in [4.78, 5) is 0. The third-order valence-electron chi connectivity index (χ3n) is 2.47. The minimum absolute atomic E-state index is 0. The monoisotopic (exact) mass is 305 g/mol. The molecule has 0 amide bonds. The zero-order valence-electron chi connectivity index (χ0n) is 9.55. The molecule has 4 heteroatoms. The second-order valence-corrected chi connectivity index (χ2v) is 3.67. The molecule has 0 unspecified atom stereocenters. The van der Waals surface area contributed by atoms with Crippen LogP contribution in [0.5, 0.6) is 11.5 Å². The smallest absolute Gasteiger partial charge is 0.208 e. The van der Waals surface area contributed by atoms with Crippen molar-refractivity contribution in [3.8, 4) is 35.0 Å². The van der Waals surface area contributed by atoms with E-state index in [0.29, 0.717) is 6.54 Å². The number of phenols is 2. The largest absolute Gasteiger partial charge is 1.00 e. The molecule has 18 heavy (non-hydrogen) atoms. The number of phenolic OH excluding ortho intramolecular Hbond substituents is 2. The van der Waals surface area contributed by atoms with E-state index in [-0.39, 0.29) is 28.5 Å². The Labute approximate surface area is 116 Å². The molecule has 1 heterocycles. The van der Waals surface area contributed by atoms with Crippen LogP contribution in [0.1, 0.15) is 0 Å². The molecule has 2 rings (SSSR count). The molecule has 0 spiro atoms. The normalized spacial score (nSPS) is 9.28. The lowest BCUT2D eigenvalue weighted by molar-refractivity contribution is -0.684. The van der Waals surface area contributed by atoms with Crippen molar-refractivity contribution in [3.63, 3.8) is 0 Å². The highest BCUT2D eigenvalue weighted by molar-refractivity contribution is 5.65. The lowest BCUT2D eigenvalue weighted by Gasteiger charge is -2.02. The van der Waals surface area contributed by atoms with E-state index in [4.69, 9.17) is 6.42 Å². The summed E-state index contributed by atoms with van der Waals surface area (Å²) in [7, 11) is 0. The van der Waals surface area contributed by atoms with Crippen LogP contribution in [0.4, 0.5) is 0 Å². The van der Waals surface area contributed by atoms with Gasteiger partial charge >= 0.3 is 0 Å². The van der Waals surface area contributed by atoms with Gasteiger partial charge in [0.1, 0.15) is 0 Å². The summed E-state index contributed by atoms with van der Waals surface area (Å²) in [6.45, 7) is 0.529. The molecule has 0 atom stereocenters. The molecule has 0 saturated carbocycles. The Morgan fingerprint density at radius 3 is 2.22 bits per heavy atom. The lowest BCUT2D eigenvalue weighted by Crippen LogP contribution is -3.00. The molecular weight excluding hydrogens is 294 g/mol. The average molecular weight is 306 g/mol. The minimum atomic E-state index is -0.122. The number of rotatable bonds is 2. The quantitative estimate of drug-likeness (QED) is 0.411. The maximum Gasteiger partial charge on any atom is 0.208 e. The second kappa shape index (κ2) is 6.08. The van der Waals surface area contributed by atoms with Gasteiger partial charge in [0.05, 0.1) is 0 Å². The Hall–Kier alpha value is -1.99. The zero-order chi connectivity index (χ0) is 12.3. The highest BCUT2D eigenvalue weighted by Crippen LogP contribution is 2.29. The van der Waals surface area contributed by atoms with Gasteiger partial charge < -0.3 is 27.2 Å². The van der Waals surface area contributed by atoms with Crippen molar-refractivity contribution in [3.05, 3.63) is 42.7 Å². The summed E-state index contributed by atoms with van der Waals surface area (Å²) < 4.78 is 1.88. The molecule has 1 aromatic heterocycles. The Bertz CT molecular complexity index is 573. The maximum absolute atomic E-state index is 9.42. The molecular formula is C14H12BrNO2. The first-order chi connectivity index (χ1) is 8.20. The molecule has 2 aromatic rings. The van der Waals surface area contributed by atoms with E-state index >= 15 is 0 Å². The van der Waals surface area contributed by atoms with Gasteiger partial charge in [-0.15, -0.1) is 6.42 Å². The van der Waals surface area contributed by atoms with Gasteiger partial charge in [-0.2, -0.15) is 4.57 Å². The summed E-state index contributed by atoms with van der Waals surface area (Å²) in [6.07, 6.45) is 8.96. The first-order valence-corrected chi connectivity index (χ1v) is 5.15. The van der Waals surface area contributed by atoms with Crippen LogP contribution in [-0.4, -0.2) is 10.2 Å². The average Bonchev–Trinajstić information content (AvgIpc) is 2.34. The predicted octanol–water partition coefficient (Wildman–Crippen LogP) is -1.31. The molecule has 0 aliphatic rings. The van der Waals surface area contributed by atoms with Crippen LogP contribution in [0.3, 0.4) is 0 Å². The number of hydrogen-bond acceptors (Lipinski definition) is 2. The van der Waals surface area contributed by atoms with Crippen molar-refractivity contribution in [2.24, 2.45) is 0 Å². The molecule has 1 aromatic carbocycles. The van der Waals surface area contributed by atoms with Crippen LogP contribution in [0, 0.1) is 12.3 Å². The van der Waals surface area contributed by atoms with Crippen molar-refractivity contribution in [2.45, 2.75) is 6.54 Å². The van der Waals surface area contributed by atoms with Crippen molar-refractivity contribution in [1.82, 2.24) is 0 Å². The van der Waals surface area contributed by atoms with E-state index in [2.05, 4.69) is 5.92 Å². The molecule has 0 aliphatic heterocycles. The highest BCUT2D eigenvalue weighted by atomic mass is 79.9. The lowest BCUT2D eigenvalue weighted by atomic mass is 10.1. The summed E-state index contributed by atoms with van der Waals surface area (Å²) in [5.74, 6) is 2.31.